The zero-order valence-corrected chi connectivity index (χ0v) is 11.8. The Bertz CT molecular complexity index is 620. The van der Waals surface area contributed by atoms with Crippen molar-refractivity contribution >= 4 is 5.69 Å². The number of ether oxygens (including phenoxy) is 1. The highest BCUT2D eigenvalue weighted by Gasteiger charge is 2.10. The van der Waals surface area contributed by atoms with Crippen molar-refractivity contribution in [2.45, 2.75) is 20.4 Å². The molecule has 5 heteroatoms. The minimum Gasteiger partial charge on any atom is -0.494 e. The Balaban J connectivity index is 2.09. The molecule has 0 saturated heterocycles. The van der Waals surface area contributed by atoms with Gasteiger partial charge in [0.1, 0.15) is 5.75 Å². The second kappa shape index (κ2) is 6.52. The Morgan fingerprint density at radius 3 is 2.29 bits per heavy atom. The molecule has 0 heterocycles. The predicted molar refractivity (Wildman–Crippen MR) is 76.0 cm³/mol. The molecule has 2 nitrogen and oxygen atoms in total. The van der Waals surface area contributed by atoms with Gasteiger partial charge in [0.2, 0.25) is 0 Å². The summed E-state index contributed by atoms with van der Waals surface area (Å²) < 4.78 is 44.5. The second-order valence-electron chi connectivity index (χ2n) is 4.64. The number of aryl methyl sites for hydroxylation is 1. The first-order valence-electron chi connectivity index (χ1n) is 6.62. The van der Waals surface area contributed by atoms with Gasteiger partial charge < -0.3 is 10.1 Å². The van der Waals surface area contributed by atoms with Crippen LogP contribution in [0.4, 0.5) is 18.9 Å². The molecule has 0 aliphatic rings. The molecule has 2 rings (SSSR count). The fourth-order valence-corrected chi connectivity index (χ4v) is 2.00. The number of benzene rings is 2. The lowest BCUT2D eigenvalue weighted by Crippen LogP contribution is -2.04. The zero-order valence-electron chi connectivity index (χ0n) is 11.8. The lowest BCUT2D eigenvalue weighted by Gasteiger charge is -2.12. The van der Waals surface area contributed by atoms with Gasteiger partial charge in [-0.15, -0.1) is 0 Å². The van der Waals surface area contributed by atoms with E-state index < -0.39 is 17.5 Å². The molecule has 21 heavy (non-hydrogen) atoms. The van der Waals surface area contributed by atoms with Gasteiger partial charge >= 0.3 is 0 Å². The van der Waals surface area contributed by atoms with E-state index in [2.05, 4.69) is 5.32 Å². The van der Waals surface area contributed by atoms with Gasteiger partial charge in [-0.2, -0.15) is 0 Å². The normalized spacial score (nSPS) is 10.5. The van der Waals surface area contributed by atoms with Crippen LogP contribution in [0.5, 0.6) is 5.75 Å². The van der Waals surface area contributed by atoms with E-state index in [1.807, 2.05) is 32.0 Å². The standard InChI is InChI=1S/C16H16F3NO/c1-3-21-12-4-5-15(10(2)6-12)20-9-11-7-13(17)16(19)14(18)8-11/h4-8,20H,3,9H2,1-2H3. The molecule has 0 radical (unpaired) electrons. The van der Waals surface area contributed by atoms with Crippen LogP contribution in [0.1, 0.15) is 18.1 Å². The third-order valence-electron chi connectivity index (χ3n) is 3.04. The lowest BCUT2D eigenvalue weighted by molar-refractivity contribution is 0.340. The van der Waals surface area contributed by atoms with Crippen molar-refractivity contribution in [3.8, 4) is 5.75 Å². The van der Waals surface area contributed by atoms with Gasteiger partial charge in [0, 0.05) is 12.2 Å². The van der Waals surface area contributed by atoms with Gasteiger partial charge in [0.25, 0.3) is 0 Å². The Kier molecular flexibility index (Phi) is 4.73. The Labute approximate surface area is 121 Å². The van der Waals surface area contributed by atoms with Crippen molar-refractivity contribution in [2.75, 3.05) is 11.9 Å². The average Bonchev–Trinajstić information content (AvgIpc) is 2.44. The monoisotopic (exact) mass is 295 g/mol. The minimum absolute atomic E-state index is 0.197. The Hall–Kier alpha value is -2.17. The molecule has 0 aliphatic heterocycles. The zero-order chi connectivity index (χ0) is 15.4. The van der Waals surface area contributed by atoms with Gasteiger partial charge in [-0.25, -0.2) is 13.2 Å². The second-order valence-corrected chi connectivity index (χ2v) is 4.64. The molecule has 2 aromatic rings. The van der Waals surface area contributed by atoms with Crippen molar-refractivity contribution < 1.29 is 17.9 Å². The van der Waals surface area contributed by atoms with Crippen LogP contribution >= 0.6 is 0 Å². The van der Waals surface area contributed by atoms with Crippen molar-refractivity contribution in [1.82, 2.24) is 0 Å². The van der Waals surface area contributed by atoms with Gasteiger partial charge in [-0.1, -0.05) is 0 Å². The highest BCUT2D eigenvalue weighted by atomic mass is 19.2. The molecular weight excluding hydrogens is 279 g/mol. The van der Waals surface area contributed by atoms with E-state index in [4.69, 9.17) is 4.74 Å². The van der Waals surface area contributed by atoms with E-state index in [0.717, 1.165) is 29.1 Å². The van der Waals surface area contributed by atoms with Crippen LogP contribution < -0.4 is 10.1 Å². The lowest BCUT2D eigenvalue weighted by atomic mass is 10.1. The van der Waals surface area contributed by atoms with Crippen LogP contribution in [0, 0.1) is 24.4 Å². The fraction of sp³-hybridized carbons (Fsp3) is 0.250. The van der Waals surface area contributed by atoms with Crippen molar-refractivity contribution in [2.24, 2.45) is 0 Å². The molecule has 1 N–H and O–H groups in total. The van der Waals surface area contributed by atoms with Crippen LogP contribution in [-0.2, 0) is 6.54 Å². The van der Waals surface area contributed by atoms with Gasteiger partial charge in [-0.3, -0.25) is 0 Å². The number of anilines is 1. The van der Waals surface area contributed by atoms with Gasteiger partial charge in [-0.05, 0) is 55.3 Å². The molecule has 0 amide bonds. The first-order chi connectivity index (χ1) is 10.0. The topological polar surface area (TPSA) is 21.3 Å². The molecule has 0 aromatic heterocycles. The number of nitrogens with one attached hydrogen (secondary N) is 1. The molecule has 112 valence electrons. The molecule has 2 aromatic carbocycles. The van der Waals surface area contributed by atoms with Crippen LogP contribution in [0.2, 0.25) is 0 Å². The fourth-order valence-electron chi connectivity index (χ4n) is 2.00. The summed E-state index contributed by atoms with van der Waals surface area (Å²) >= 11 is 0. The third kappa shape index (κ3) is 3.68. The summed E-state index contributed by atoms with van der Waals surface area (Å²) in [5.41, 5.74) is 2.10. The minimum atomic E-state index is -1.45. The number of halogens is 3. The first kappa shape index (κ1) is 15.2. The maximum absolute atomic E-state index is 13.1. The summed E-state index contributed by atoms with van der Waals surface area (Å²) in [6.07, 6.45) is 0. The van der Waals surface area contributed by atoms with Gasteiger partial charge in [0.05, 0.1) is 6.61 Å². The summed E-state index contributed by atoms with van der Waals surface area (Å²) in [6.45, 7) is 4.58. The summed E-state index contributed by atoms with van der Waals surface area (Å²) in [5, 5.41) is 3.06. The van der Waals surface area contributed by atoms with E-state index >= 15 is 0 Å². The molecule has 0 bridgehead atoms. The van der Waals surface area contributed by atoms with Gasteiger partial charge in [0.15, 0.2) is 17.5 Å². The Morgan fingerprint density at radius 2 is 1.71 bits per heavy atom. The summed E-state index contributed by atoms with van der Waals surface area (Å²) in [4.78, 5) is 0. The van der Waals surface area contributed by atoms with E-state index in [1.165, 1.54) is 0 Å². The van der Waals surface area contributed by atoms with E-state index in [1.54, 1.807) is 0 Å². The first-order valence-corrected chi connectivity index (χ1v) is 6.62. The van der Waals surface area contributed by atoms with Crippen LogP contribution in [0.15, 0.2) is 30.3 Å². The summed E-state index contributed by atoms with van der Waals surface area (Å²) in [7, 11) is 0. The highest BCUT2D eigenvalue weighted by Crippen LogP contribution is 2.22. The molecule has 0 aliphatic carbocycles. The van der Waals surface area contributed by atoms with Crippen LogP contribution in [0.25, 0.3) is 0 Å². The summed E-state index contributed by atoms with van der Waals surface area (Å²) in [6, 6.07) is 7.48. The highest BCUT2D eigenvalue weighted by molar-refractivity contribution is 5.53. The largest absolute Gasteiger partial charge is 0.494 e. The summed E-state index contributed by atoms with van der Waals surface area (Å²) in [5.74, 6) is -3.05. The molecular formula is C16H16F3NO. The van der Waals surface area contributed by atoms with Crippen molar-refractivity contribution in [3.63, 3.8) is 0 Å². The average molecular weight is 295 g/mol. The maximum atomic E-state index is 13.1. The smallest absolute Gasteiger partial charge is 0.194 e. The maximum Gasteiger partial charge on any atom is 0.194 e. The van der Waals surface area contributed by atoms with E-state index in [9.17, 15) is 13.2 Å². The third-order valence-corrected chi connectivity index (χ3v) is 3.04. The number of hydrogen-bond donors (Lipinski definition) is 1. The predicted octanol–water partition coefficient (Wildman–Crippen LogP) is 4.42. The molecule has 0 spiro atoms. The van der Waals surface area contributed by atoms with E-state index in [-0.39, 0.29) is 6.54 Å². The van der Waals surface area contributed by atoms with Crippen molar-refractivity contribution in [3.05, 3.63) is 58.9 Å². The molecule has 0 saturated carbocycles. The number of rotatable bonds is 5. The molecule has 0 fully saturated rings. The van der Waals surface area contributed by atoms with Crippen LogP contribution in [-0.4, -0.2) is 6.61 Å². The number of hydrogen-bond acceptors (Lipinski definition) is 2. The molecule has 0 unspecified atom stereocenters. The molecule has 0 atom stereocenters. The van der Waals surface area contributed by atoms with E-state index in [0.29, 0.717) is 12.2 Å². The van der Waals surface area contributed by atoms with Crippen molar-refractivity contribution in [1.29, 1.82) is 0 Å². The Morgan fingerprint density at radius 1 is 1.05 bits per heavy atom. The SMILES string of the molecule is CCOc1ccc(NCc2cc(F)c(F)c(F)c2)c(C)c1. The quantitative estimate of drug-likeness (QED) is 0.824. The van der Waals surface area contributed by atoms with Crippen LogP contribution in [0.3, 0.4) is 0 Å².